The van der Waals surface area contributed by atoms with E-state index in [9.17, 15) is 15.0 Å². The van der Waals surface area contributed by atoms with E-state index in [2.05, 4.69) is 4.84 Å². The number of rotatable bonds is 7. The molecule has 14 heavy (non-hydrogen) atoms. The first-order valence-corrected chi connectivity index (χ1v) is 4.64. The van der Waals surface area contributed by atoms with Crippen molar-refractivity contribution in [2.45, 2.75) is 11.7 Å². The highest BCUT2D eigenvalue weighted by molar-refractivity contribution is 6.22. The van der Waals surface area contributed by atoms with E-state index in [1.807, 2.05) is 0 Å². The molecule has 0 aromatic heterocycles. The van der Waals surface area contributed by atoms with Crippen molar-refractivity contribution in [2.24, 2.45) is 0 Å². The van der Waals surface area contributed by atoms with Gasteiger partial charge in [-0.1, -0.05) is 5.64 Å². The van der Waals surface area contributed by atoms with E-state index in [-0.39, 0.29) is 0 Å². The number of ketones is 1. The van der Waals surface area contributed by atoms with Crippen molar-refractivity contribution in [2.75, 3.05) is 18.4 Å². The highest BCUT2D eigenvalue weighted by atomic mass is 35.5. The predicted octanol–water partition coefficient (Wildman–Crippen LogP) is -0.964. The highest BCUT2D eigenvalue weighted by Gasteiger charge is 2.38. The van der Waals surface area contributed by atoms with Gasteiger partial charge in [0.25, 0.3) is 0 Å². The minimum Gasteiger partial charge on any atom is -0.384 e. The molecule has 0 aromatic carbocycles. The lowest BCUT2D eigenvalue weighted by atomic mass is 9.98. The Labute approximate surface area is 90.3 Å². The Morgan fingerprint density at radius 1 is 1.50 bits per heavy atom. The topological polar surface area (TPSA) is 99.0 Å². The third-order valence-electron chi connectivity index (χ3n) is 1.56. The van der Waals surface area contributed by atoms with Crippen LogP contribution in [0.1, 0.15) is 0 Å². The van der Waals surface area contributed by atoms with Gasteiger partial charge in [0, 0.05) is 0 Å². The molecule has 0 aliphatic carbocycles. The van der Waals surface area contributed by atoms with Gasteiger partial charge in [-0.25, -0.2) is 0 Å². The minimum absolute atomic E-state index is 0.393. The van der Waals surface area contributed by atoms with Gasteiger partial charge in [-0.2, -0.15) is 0 Å². The van der Waals surface area contributed by atoms with E-state index < -0.39 is 35.9 Å². The maximum Gasteiger partial charge on any atom is 0.192 e. The molecular formula is C6H11Cl2NO5. The second kappa shape index (κ2) is 6.52. The van der Waals surface area contributed by atoms with Gasteiger partial charge in [-0.15, -0.1) is 23.2 Å². The summed E-state index contributed by atoms with van der Waals surface area (Å²) in [6.45, 7) is -0.617. The van der Waals surface area contributed by atoms with Crippen LogP contribution in [-0.2, 0) is 9.63 Å². The van der Waals surface area contributed by atoms with Crippen molar-refractivity contribution in [1.82, 2.24) is 5.64 Å². The van der Waals surface area contributed by atoms with Gasteiger partial charge >= 0.3 is 0 Å². The fourth-order valence-electron chi connectivity index (χ4n) is 0.664. The van der Waals surface area contributed by atoms with Crippen molar-refractivity contribution < 1.29 is 25.1 Å². The number of carbonyl (C=O) groups is 1. The van der Waals surface area contributed by atoms with Crippen molar-refractivity contribution in [3.63, 3.8) is 0 Å². The molecule has 0 aromatic rings. The van der Waals surface area contributed by atoms with Crippen LogP contribution in [0.15, 0.2) is 0 Å². The number of nitrogens with one attached hydrogen (secondary N) is 1. The highest BCUT2D eigenvalue weighted by Crippen LogP contribution is 2.16. The zero-order chi connectivity index (χ0) is 11.2. The first-order valence-electron chi connectivity index (χ1n) is 3.57. The van der Waals surface area contributed by atoms with Gasteiger partial charge in [0.1, 0.15) is 18.3 Å². The number of carbonyl (C=O) groups excluding carboxylic acids is 1. The molecule has 1 atom stereocenters. The summed E-state index contributed by atoms with van der Waals surface area (Å²) >= 11 is 10.7. The third-order valence-corrected chi connectivity index (χ3v) is 2.48. The minimum atomic E-state index is -1.89. The summed E-state index contributed by atoms with van der Waals surface area (Å²) in [5.74, 6) is -1.64. The Hall–Kier alpha value is 0.0500. The van der Waals surface area contributed by atoms with Crippen LogP contribution in [0.25, 0.3) is 0 Å². The van der Waals surface area contributed by atoms with E-state index >= 15 is 0 Å². The number of hydrogen-bond acceptors (Lipinski definition) is 6. The summed E-state index contributed by atoms with van der Waals surface area (Å²) in [6.07, 6.45) is -1.76. The second-order valence-electron chi connectivity index (χ2n) is 2.62. The average molecular weight is 248 g/mol. The van der Waals surface area contributed by atoms with Gasteiger partial charge < -0.3 is 10.2 Å². The maximum atomic E-state index is 11.1. The second-order valence-corrected chi connectivity index (χ2v) is 3.15. The van der Waals surface area contributed by atoms with Gasteiger partial charge in [-0.3, -0.25) is 14.8 Å². The van der Waals surface area contributed by atoms with Crippen LogP contribution in [0.4, 0.5) is 0 Å². The lowest BCUT2D eigenvalue weighted by Crippen LogP contribution is -2.51. The largest absolute Gasteiger partial charge is 0.384 e. The quantitative estimate of drug-likeness (QED) is 0.342. The first kappa shape index (κ1) is 14.1. The molecule has 0 radical (unpaired) electrons. The van der Waals surface area contributed by atoms with E-state index in [1.54, 1.807) is 0 Å². The molecule has 0 saturated heterocycles. The Balaban J connectivity index is 4.27. The zero-order valence-electron chi connectivity index (χ0n) is 7.11. The number of halogens is 2. The molecule has 4 N–H and O–H groups in total. The van der Waals surface area contributed by atoms with Crippen LogP contribution in [-0.4, -0.2) is 51.3 Å². The summed E-state index contributed by atoms with van der Waals surface area (Å²) < 4.78 is 0. The van der Waals surface area contributed by atoms with Gasteiger partial charge in [0.2, 0.25) is 0 Å². The van der Waals surface area contributed by atoms with Crippen molar-refractivity contribution in [1.29, 1.82) is 0 Å². The van der Waals surface area contributed by atoms with Gasteiger partial charge in [0.05, 0.1) is 11.8 Å². The molecule has 0 aliphatic heterocycles. The van der Waals surface area contributed by atoms with Gasteiger partial charge in [0.15, 0.2) is 5.78 Å². The molecule has 0 aliphatic rings. The van der Waals surface area contributed by atoms with Crippen LogP contribution < -0.4 is 5.64 Å². The smallest absolute Gasteiger partial charge is 0.192 e. The summed E-state index contributed by atoms with van der Waals surface area (Å²) in [6, 6.07) is 0. The number of hydrogen-bond donors (Lipinski definition) is 4. The van der Waals surface area contributed by atoms with Crippen LogP contribution in [0, 0.1) is 0 Å². The Kier molecular flexibility index (Phi) is 6.54. The van der Waals surface area contributed by atoms with E-state index in [4.69, 9.17) is 28.4 Å². The van der Waals surface area contributed by atoms with E-state index in [1.165, 1.54) is 5.64 Å². The Bertz CT molecular complexity index is 187. The van der Waals surface area contributed by atoms with Gasteiger partial charge in [-0.05, 0) is 0 Å². The summed E-state index contributed by atoms with van der Waals surface area (Å²) in [4.78, 5) is 15.2. The molecule has 84 valence electrons. The summed E-state index contributed by atoms with van der Waals surface area (Å²) in [5.41, 5.74) is -0.628. The van der Waals surface area contributed by atoms with Crippen molar-refractivity contribution in [3.05, 3.63) is 0 Å². The monoisotopic (exact) mass is 247 g/mol. The number of aliphatic hydroxyl groups is 2. The number of aliphatic hydroxyl groups excluding tert-OH is 1. The SMILES string of the molecule is O=C(CONO)C(O)C(O)(CCl)CCl. The summed E-state index contributed by atoms with van der Waals surface area (Å²) in [7, 11) is 0. The average Bonchev–Trinajstić information content (AvgIpc) is 2.23. The fourth-order valence-corrected chi connectivity index (χ4v) is 1.24. The standard InChI is InChI=1S/C6H11Cl2NO5/c7-2-6(12,3-8)5(11)4(10)1-14-9-13/h5,9,11-13H,1-3H2. The molecule has 8 heteroatoms. The fraction of sp³-hybridized carbons (Fsp3) is 0.833. The Morgan fingerprint density at radius 2 is 2.00 bits per heavy atom. The number of Topliss-reactive ketones (excluding diaryl/α,β-unsaturated/α-hetero) is 1. The van der Waals surface area contributed by atoms with E-state index in [0.29, 0.717) is 0 Å². The molecular weight excluding hydrogens is 237 g/mol. The Morgan fingerprint density at radius 3 is 2.36 bits per heavy atom. The first-order chi connectivity index (χ1) is 6.51. The molecule has 6 nitrogen and oxygen atoms in total. The van der Waals surface area contributed by atoms with E-state index in [0.717, 1.165) is 0 Å². The zero-order valence-corrected chi connectivity index (χ0v) is 8.62. The molecule has 0 bridgehead atoms. The lowest BCUT2D eigenvalue weighted by molar-refractivity contribution is -0.163. The normalized spacial score (nSPS) is 14.1. The number of alkyl halides is 2. The predicted molar refractivity (Wildman–Crippen MR) is 48.3 cm³/mol. The van der Waals surface area contributed by atoms with Crippen LogP contribution >= 0.6 is 23.2 Å². The van der Waals surface area contributed by atoms with Crippen LogP contribution in [0.3, 0.4) is 0 Å². The molecule has 1 unspecified atom stereocenters. The molecule has 0 saturated carbocycles. The third kappa shape index (κ3) is 3.66. The molecule has 0 fully saturated rings. The van der Waals surface area contributed by atoms with Crippen LogP contribution in [0.2, 0.25) is 0 Å². The molecule has 0 amide bonds. The maximum absolute atomic E-state index is 11.1. The summed E-state index contributed by atoms with van der Waals surface area (Å²) in [5, 5.41) is 26.8. The molecule has 0 rings (SSSR count). The lowest BCUT2D eigenvalue weighted by Gasteiger charge is -2.27. The van der Waals surface area contributed by atoms with Crippen molar-refractivity contribution in [3.8, 4) is 0 Å². The molecule has 0 heterocycles. The molecule has 0 spiro atoms. The van der Waals surface area contributed by atoms with Crippen molar-refractivity contribution >= 4 is 29.0 Å². The van der Waals surface area contributed by atoms with Crippen LogP contribution in [0.5, 0.6) is 0 Å².